The lowest BCUT2D eigenvalue weighted by Gasteiger charge is -2.17. The molecule has 1 atom stereocenters. The van der Waals surface area contributed by atoms with Crippen molar-refractivity contribution in [3.8, 4) is 0 Å². The molecule has 1 unspecified atom stereocenters. The van der Waals surface area contributed by atoms with Gasteiger partial charge in [-0.2, -0.15) is 5.10 Å². The van der Waals surface area contributed by atoms with Crippen LogP contribution in [0.25, 0.3) is 5.65 Å². The molecule has 146 valence electrons. The molecule has 2 heterocycles. The maximum atomic E-state index is 12.8. The van der Waals surface area contributed by atoms with Crippen LogP contribution in [0.5, 0.6) is 0 Å². The van der Waals surface area contributed by atoms with Crippen LogP contribution in [0, 0.1) is 6.92 Å². The van der Waals surface area contributed by atoms with E-state index in [1.807, 2.05) is 30.3 Å². The minimum atomic E-state index is -0.273. The molecule has 2 aromatic carbocycles. The first-order valence-corrected chi connectivity index (χ1v) is 9.63. The number of amides is 1. The Hall–Kier alpha value is -3.38. The molecule has 0 aliphatic heterocycles. The summed E-state index contributed by atoms with van der Waals surface area (Å²) in [6, 6.07) is 17.4. The Morgan fingerprint density at radius 1 is 1.14 bits per heavy atom. The van der Waals surface area contributed by atoms with Crippen LogP contribution in [-0.2, 0) is 0 Å². The molecular formula is C22H20ClN5O. The molecule has 0 bridgehead atoms. The monoisotopic (exact) mass is 405 g/mol. The third-order valence-corrected chi connectivity index (χ3v) is 5.01. The Bertz CT molecular complexity index is 1170. The molecule has 0 fully saturated rings. The van der Waals surface area contributed by atoms with Crippen LogP contribution in [0.15, 0.2) is 67.0 Å². The second-order valence-electron chi connectivity index (χ2n) is 6.77. The SMILES string of the molecule is Cc1nn2cccnc2c1C(=O)Nc1ccc(NC(C)c2ccccc2)c(Cl)c1. The number of benzene rings is 2. The fraction of sp³-hybridized carbons (Fsp3) is 0.136. The Balaban J connectivity index is 1.52. The first-order valence-electron chi connectivity index (χ1n) is 9.25. The standard InChI is InChI=1S/C22H20ClN5O/c1-14(16-7-4-3-5-8-16)25-19-10-9-17(13-18(19)23)26-22(29)20-15(2)27-28-12-6-11-24-21(20)28/h3-14,25H,1-2H3,(H,26,29). The van der Waals surface area contributed by atoms with Crippen LogP contribution in [0.4, 0.5) is 11.4 Å². The first-order chi connectivity index (χ1) is 14.0. The average Bonchev–Trinajstić information content (AvgIpc) is 3.06. The second-order valence-corrected chi connectivity index (χ2v) is 7.18. The Kier molecular flexibility index (Phi) is 5.18. The smallest absolute Gasteiger partial charge is 0.261 e. The summed E-state index contributed by atoms with van der Waals surface area (Å²) in [4.78, 5) is 17.1. The summed E-state index contributed by atoms with van der Waals surface area (Å²) in [5.41, 5.74) is 4.15. The van der Waals surface area contributed by atoms with Crippen molar-refractivity contribution in [3.05, 3.63) is 88.8 Å². The molecule has 2 aromatic heterocycles. The number of nitrogens with one attached hydrogen (secondary N) is 2. The van der Waals surface area contributed by atoms with Crippen LogP contribution in [0.2, 0.25) is 5.02 Å². The van der Waals surface area contributed by atoms with E-state index in [-0.39, 0.29) is 11.9 Å². The lowest BCUT2D eigenvalue weighted by molar-refractivity contribution is 0.102. The van der Waals surface area contributed by atoms with E-state index in [9.17, 15) is 4.79 Å². The highest BCUT2D eigenvalue weighted by Gasteiger charge is 2.18. The van der Waals surface area contributed by atoms with E-state index in [1.165, 1.54) is 0 Å². The van der Waals surface area contributed by atoms with Crippen LogP contribution in [0.1, 0.15) is 34.6 Å². The number of carbonyl (C=O) groups is 1. The van der Waals surface area contributed by atoms with E-state index in [0.29, 0.717) is 27.6 Å². The molecule has 0 radical (unpaired) electrons. The fourth-order valence-corrected chi connectivity index (χ4v) is 3.46. The number of fused-ring (bicyclic) bond motifs is 1. The molecule has 7 heteroatoms. The number of nitrogens with zero attached hydrogens (tertiary/aromatic N) is 3. The van der Waals surface area contributed by atoms with Gasteiger partial charge in [-0.25, -0.2) is 9.50 Å². The van der Waals surface area contributed by atoms with E-state index in [2.05, 4.69) is 39.8 Å². The van der Waals surface area contributed by atoms with Crippen molar-refractivity contribution in [3.63, 3.8) is 0 Å². The average molecular weight is 406 g/mol. The quantitative estimate of drug-likeness (QED) is 0.483. The van der Waals surface area contributed by atoms with Crippen molar-refractivity contribution in [1.82, 2.24) is 14.6 Å². The van der Waals surface area contributed by atoms with Crippen LogP contribution >= 0.6 is 11.6 Å². The van der Waals surface area contributed by atoms with Gasteiger partial charge in [0.25, 0.3) is 5.91 Å². The largest absolute Gasteiger partial charge is 0.377 e. The third-order valence-electron chi connectivity index (χ3n) is 4.70. The van der Waals surface area contributed by atoms with Gasteiger partial charge in [0.05, 0.1) is 16.4 Å². The van der Waals surface area contributed by atoms with Crippen molar-refractivity contribution in [2.75, 3.05) is 10.6 Å². The van der Waals surface area contributed by atoms with Gasteiger partial charge in [-0.1, -0.05) is 41.9 Å². The zero-order valence-electron chi connectivity index (χ0n) is 16.1. The molecule has 2 N–H and O–H groups in total. The van der Waals surface area contributed by atoms with Crippen molar-refractivity contribution in [1.29, 1.82) is 0 Å². The Labute approximate surface area is 173 Å². The summed E-state index contributed by atoms with van der Waals surface area (Å²) in [6.45, 7) is 3.86. The number of rotatable bonds is 5. The van der Waals surface area contributed by atoms with Gasteiger partial charge in [0, 0.05) is 24.1 Å². The molecule has 1 amide bonds. The van der Waals surface area contributed by atoms with Gasteiger partial charge in [-0.3, -0.25) is 4.79 Å². The number of anilines is 2. The molecule has 0 aliphatic rings. The predicted octanol–water partition coefficient (Wildman–Crippen LogP) is 5.12. The van der Waals surface area contributed by atoms with Crippen molar-refractivity contribution < 1.29 is 4.79 Å². The summed E-state index contributed by atoms with van der Waals surface area (Å²) in [6.07, 6.45) is 3.40. The zero-order chi connectivity index (χ0) is 20.4. The highest BCUT2D eigenvalue weighted by Crippen LogP contribution is 2.29. The number of hydrogen-bond donors (Lipinski definition) is 2. The number of halogens is 1. The van der Waals surface area contributed by atoms with E-state index in [0.717, 1.165) is 11.3 Å². The highest BCUT2D eigenvalue weighted by molar-refractivity contribution is 6.33. The van der Waals surface area contributed by atoms with Gasteiger partial charge < -0.3 is 10.6 Å². The molecule has 0 saturated heterocycles. The molecular weight excluding hydrogens is 386 g/mol. The van der Waals surface area contributed by atoms with Crippen LogP contribution in [-0.4, -0.2) is 20.5 Å². The molecule has 4 rings (SSSR count). The molecule has 0 spiro atoms. The van der Waals surface area contributed by atoms with Gasteiger partial charge in [0.2, 0.25) is 0 Å². The van der Waals surface area contributed by atoms with Gasteiger partial charge in [0.1, 0.15) is 5.56 Å². The summed E-state index contributed by atoms with van der Waals surface area (Å²) in [5.74, 6) is -0.273. The lowest BCUT2D eigenvalue weighted by Crippen LogP contribution is -2.13. The van der Waals surface area contributed by atoms with Gasteiger partial charge >= 0.3 is 0 Å². The molecule has 0 saturated carbocycles. The molecule has 4 aromatic rings. The van der Waals surface area contributed by atoms with Gasteiger partial charge in [-0.15, -0.1) is 0 Å². The summed E-state index contributed by atoms with van der Waals surface area (Å²) in [5, 5.41) is 11.1. The van der Waals surface area contributed by atoms with Crippen molar-refractivity contribution in [2.24, 2.45) is 0 Å². The number of carbonyl (C=O) groups excluding carboxylic acids is 1. The topological polar surface area (TPSA) is 71.3 Å². The van der Waals surface area contributed by atoms with E-state index in [4.69, 9.17) is 11.6 Å². The van der Waals surface area contributed by atoms with E-state index >= 15 is 0 Å². The minimum Gasteiger partial charge on any atom is -0.377 e. The zero-order valence-corrected chi connectivity index (χ0v) is 16.8. The summed E-state index contributed by atoms with van der Waals surface area (Å²) < 4.78 is 1.59. The molecule has 29 heavy (non-hydrogen) atoms. The van der Waals surface area contributed by atoms with Crippen molar-refractivity contribution >= 4 is 34.5 Å². The molecule has 6 nitrogen and oxygen atoms in total. The van der Waals surface area contributed by atoms with Crippen LogP contribution < -0.4 is 10.6 Å². The maximum Gasteiger partial charge on any atom is 0.261 e. The van der Waals surface area contributed by atoms with Gasteiger partial charge in [0.15, 0.2) is 5.65 Å². The highest BCUT2D eigenvalue weighted by atomic mass is 35.5. The summed E-state index contributed by atoms with van der Waals surface area (Å²) in [7, 11) is 0. The van der Waals surface area contributed by atoms with E-state index < -0.39 is 0 Å². The minimum absolute atomic E-state index is 0.0987. The normalized spacial score (nSPS) is 12.0. The van der Waals surface area contributed by atoms with Crippen LogP contribution in [0.3, 0.4) is 0 Å². The predicted molar refractivity (Wildman–Crippen MR) is 116 cm³/mol. The second kappa shape index (κ2) is 7.93. The van der Waals surface area contributed by atoms with Gasteiger partial charge in [-0.05, 0) is 43.7 Å². The molecule has 0 aliphatic carbocycles. The summed E-state index contributed by atoms with van der Waals surface area (Å²) >= 11 is 6.45. The number of hydrogen-bond acceptors (Lipinski definition) is 4. The number of aromatic nitrogens is 3. The lowest BCUT2D eigenvalue weighted by atomic mass is 10.1. The fourth-order valence-electron chi connectivity index (χ4n) is 3.22. The number of aryl methyl sites for hydroxylation is 1. The Morgan fingerprint density at radius 3 is 2.69 bits per heavy atom. The first kappa shape index (κ1) is 19.0. The maximum absolute atomic E-state index is 12.8. The third kappa shape index (κ3) is 3.93. The van der Waals surface area contributed by atoms with Crippen molar-refractivity contribution in [2.45, 2.75) is 19.9 Å². The van der Waals surface area contributed by atoms with E-state index in [1.54, 1.807) is 36.0 Å². The Morgan fingerprint density at radius 2 is 1.93 bits per heavy atom.